The number of nitrogens with zero attached hydrogens (tertiary/aromatic N) is 1. The third-order valence-electron chi connectivity index (χ3n) is 2.86. The van der Waals surface area contributed by atoms with Crippen LogP contribution in [0.15, 0.2) is 22.9 Å². The maximum absolute atomic E-state index is 11.6. The van der Waals surface area contributed by atoms with Crippen molar-refractivity contribution in [3.63, 3.8) is 0 Å². The first-order valence-electron chi connectivity index (χ1n) is 5.41. The van der Waals surface area contributed by atoms with Gasteiger partial charge in [0.1, 0.15) is 0 Å². The van der Waals surface area contributed by atoms with Gasteiger partial charge in [0.15, 0.2) is 0 Å². The maximum Gasteiger partial charge on any atom is 0.319 e. The molecule has 0 saturated heterocycles. The summed E-state index contributed by atoms with van der Waals surface area (Å²) in [5, 5.41) is 14.1. The van der Waals surface area contributed by atoms with Crippen LogP contribution in [0.25, 0.3) is 0 Å². The van der Waals surface area contributed by atoms with Gasteiger partial charge in [-0.15, -0.1) is 0 Å². The molecule has 1 heterocycles. The molecule has 7 heteroatoms. The highest BCUT2D eigenvalue weighted by atomic mass is 79.9. The number of nitrogens with one attached hydrogen (secondary N) is 2. The Labute approximate surface area is 112 Å². The van der Waals surface area contributed by atoms with Gasteiger partial charge in [0.05, 0.1) is 17.3 Å². The van der Waals surface area contributed by atoms with Gasteiger partial charge in [0.25, 0.3) is 0 Å². The zero-order valence-corrected chi connectivity index (χ0v) is 11.0. The summed E-state index contributed by atoms with van der Waals surface area (Å²) in [6, 6.07) is 1.28. The second kappa shape index (κ2) is 4.93. The summed E-state index contributed by atoms with van der Waals surface area (Å²) < 4.78 is 0.754. The third-order valence-corrected chi connectivity index (χ3v) is 3.29. The Morgan fingerprint density at radius 2 is 2.17 bits per heavy atom. The lowest BCUT2D eigenvalue weighted by Gasteiger charge is -2.11. The van der Waals surface area contributed by atoms with E-state index in [1.54, 1.807) is 12.3 Å². The first kappa shape index (κ1) is 12.8. The summed E-state index contributed by atoms with van der Waals surface area (Å²) in [5.74, 6) is -0.855. The molecular weight excluding hydrogens is 302 g/mol. The van der Waals surface area contributed by atoms with Gasteiger partial charge < -0.3 is 15.7 Å². The van der Waals surface area contributed by atoms with E-state index in [0.717, 1.165) is 4.47 Å². The minimum atomic E-state index is -0.855. The number of halogens is 1. The molecule has 0 spiro atoms. The molecule has 6 nitrogen and oxygen atoms in total. The Morgan fingerprint density at radius 3 is 2.72 bits per heavy atom. The summed E-state index contributed by atoms with van der Waals surface area (Å²) >= 11 is 3.24. The van der Waals surface area contributed by atoms with Gasteiger partial charge in [-0.1, -0.05) is 0 Å². The van der Waals surface area contributed by atoms with E-state index in [9.17, 15) is 9.59 Å². The number of rotatable bonds is 4. The monoisotopic (exact) mass is 313 g/mol. The molecule has 1 aliphatic rings. The lowest BCUT2D eigenvalue weighted by atomic mass is 10.1. The number of pyridine rings is 1. The first-order chi connectivity index (χ1) is 8.52. The molecule has 0 radical (unpaired) electrons. The van der Waals surface area contributed by atoms with Crippen molar-refractivity contribution in [2.75, 3.05) is 11.9 Å². The van der Waals surface area contributed by atoms with Crippen LogP contribution < -0.4 is 10.6 Å². The van der Waals surface area contributed by atoms with Crippen LogP contribution in [0.3, 0.4) is 0 Å². The number of carbonyl (C=O) groups is 2. The number of carboxylic acid groups (broad SMARTS) is 1. The Kier molecular flexibility index (Phi) is 3.51. The van der Waals surface area contributed by atoms with Gasteiger partial charge in [-0.25, -0.2) is 4.79 Å². The molecular formula is C11H12BrN3O3. The minimum Gasteiger partial charge on any atom is -0.481 e. The van der Waals surface area contributed by atoms with Gasteiger partial charge in [-0.05, 0) is 34.8 Å². The van der Waals surface area contributed by atoms with Crippen LogP contribution in [0.4, 0.5) is 10.5 Å². The Hall–Kier alpha value is -1.63. The average Bonchev–Trinajstić information content (AvgIpc) is 3.07. The van der Waals surface area contributed by atoms with Crippen LogP contribution in [0.1, 0.15) is 12.8 Å². The standard InChI is InChI=1S/C11H12BrN3O3/c12-7-3-8(5-13-4-7)15-10(18)14-6-11(1-2-11)9(16)17/h3-5H,1-2,6H2,(H,16,17)(H2,14,15,18). The lowest BCUT2D eigenvalue weighted by Crippen LogP contribution is -2.36. The number of carbonyl (C=O) groups excluding carboxylic acids is 1. The van der Waals surface area contributed by atoms with Crippen LogP contribution in [0.2, 0.25) is 0 Å². The van der Waals surface area contributed by atoms with Crippen molar-refractivity contribution >= 4 is 33.6 Å². The normalized spacial score (nSPS) is 15.8. The van der Waals surface area contributed by atoms with E-state index in [2.05, 4.69) is 31.5 Å². The van der Waals surface area contributed by atoms with E-state index in [1.807, 2.05) is 0 Å². The van der Waals surface area contributed by atoms with Crippen molar-refractivity contribution in [2.45, 2.75) is 12.8 Å². The molecule has 2 rings (SSSR count). The summed E-state index contributed by atoms with van der Waals surface area (Å²) in [4.78, 5) is 26.4. The van der Waals surface area contributed by atoms with Crippen LogP contribution in [0, 0.1) is 5.41 Å². The fraction of sp³-hybridized carbons (Fsp3) is 0.364. The third kappa shape index (κ3) is 2.98. The summed E-state index contributed by atoms with van der Waals surface area (Å²) in [5.41, 5.74) is -0.214. The number of amides is 2. The largest absolute Gasteiger partial charge is 0.481 e. The van der Waals surface area contributed by atoms with E-state index in [4.69, 9.17) is 5.11 Å². The molecule has 1 aromatic rings. The zero-order valence-electron chi connectivity index (χ0n) is 9.44. The molecule has 0 unspecified atom stereocenters. The van der Waals surface area contributed by atoms with Crippen LogP contribution in [0.5, 0.6) is 0 Å². The van der Waals surface area contributed by atoms with E-state index < -0.39 is 17.4 Å². The van der Waals surface area contributed by atoms with Crippen molar-refractivity contribution < 1.29 is 14.7 Å². The number of hydrogen-bond acceptors (Lipinski definition) is 3. The number of urea groups is 1. The van der Waals surface area contributed by atoms with Gasteiger partial charge in [-0.2, -0.15) is 0 Å². The fourth-order valence-electron chi connectivity index (χ4n) is 1.52. The summed E-state index contributed by atoms with van der Waals surface area (Å²) in [7, 11) is 0. The molecule has 3 N–H and O–H groups in total. The summed E-state index contributed by atoms with van der Waals surface area (Å²) in [6.07, 6.45) is 4.34. The number of carboxylic acids is 1. The summed E-state index contributed by atoms with van der Waals surface area (Å²) in [6.45, 7) is 0.148. The molecule has 0 aromatic carbocycles. The first-order valence-corrected chi connectivity index (χ1v) is 6.20. The van der Waals surface area contributed by atoms with Crippen LogP contribution in [-0.2, 0) is 4.79 Å². The smallest absolute Gasteiger partial charge is 0.319 e. The quantitative estimate of drug-likeness (QED) is 0.791. The van der Waals surface area contributed by atoms with E-state index in [0.29, 0.717) is 18.5 Å². The van der Waals surface area contributed by atoms with Gasteiger partial charge >= 0.3 is 12.0 Å². The van der Waals surface area contributed by atoms with Crippen molar-refractivity contribution in [3.8, 4) is 0 Å². The van der Waals surface area contributed by atoms with Crippen LogP contribution in [-0.4, -0.2) is 28.6 Å². The van der Waals surface area contributed by atoms with Crippen molar-refractivity contribution in [3.05, 3.63) is 22.9 Å². The molecule has 96 valence electrons. The molecule has 18 heavy (non-hydrogen) atoms. The maximum atomic E-state index is 11.6. The Balaban J connectivity index is 1.84. The van der Waals surface area contributed by atoms with E-state index in [1.165, 1.54) is 6.20 Å². The van der Waals surface area contributed by atoms with Crippen molar-refractivity contribution in [1.82, 2.24) is 10.3 Å². The Bertz CT molecular complexity index is 488. The van der Waals surface area contributed by atoms with E-state index >= 15 is 0 Å². The zero-order chi connectivity index (χ0) is 13.2. The second-order valence-corrected chi connectivity index (χ2v) is 5.20. The van der Waals surface area contributed by atoms with Crippen molar-refractivity contribution in [1.29, 1.82) is 0 Å². The SMILES string of the molecule is O=C(NCC1(C(=O)O)CC1)Nc1cncc(Br)c1. The fourth-order valence-corrected chi connectivity index (χ4v) is 1.89. The molecule has 0 atom stereocenters. The molecule has 1 aliphatic carbocycles. The number of anilines is 1. The molecule has 0 bridgehead atoms. The van der Waals surface area contributed by atoms with Gasteiger partial charge in [0, 0.05) is 17.2 Å². The molecule has 0 aliphatic heterocycles. The molecule has 1 fully saturated rings. The van der Waals surface area contributed by atoms with Crippen molar-refractivity contribution in [2.24, 2.45) is 5.41 Å². The highest BCUT2D eigenvalue weighted by Gasteiger charge is 2.50. The number of aliphatic carboxylic acids is 1. The van der Waals surface area contributed by atoms with Crippen LogP contribution >= 0.6 is 15.9 Å². The predicted molar refractivity (Wildman–Crippen MR) is 68.3 cm³/mol. The Morgan fingerprint density at radius 1 is 1.44 bits per heavy atom. The van der Waals surface area contributed by atoms with Gasteiger partial charge in [-0.3, -0.25) is 9.78 Å². The predicted octanol–water partition coefficient (Wildman–Crippen LogP) is 1.83. The lowest BCUT2D eigenvalue weighted by molar-refractivity contribution is -0.143. The van der Waals surface area contributed by atoms with E-state index in [-0.39, 0.29) is 6.54 Å². The van der Waals surface area contributed by atoms with Gasteiger partial charge in [0.2, 0.25) is 0 Å². The highest BCUT2D eigenvalue weighted by Crippen LogP contribution is 2.45. The highest BCUT2D eigenvalue weighted by molar-refractivity contribution is 9.10. The number of aromatic nitrogens is 1. The average molecular weight is 314 g/mol. The molecule has 1 saturated carbocycles. The number of hydrogen-bond donors (Lipinski definition) is 3. The second-order valence-electron chi connectivity index (χ2n) is 4.28. The topological polar surface area (TPSA) is 91.3 Å². The molecule has 2 amide bonds. The molecule has 1 aromatic heterocycles. The minimum absolute atomic E-state index is 0.148.